The molecule has 3 aromatic rings. The highest BCUT2D eigenvalue weighted by Crippen LogP contribution is 2.35. The van der Waals surface area contributed by atoms with Crippen molar-refractivity contribution in [3.8, 4) is 5.75 Å². The number of nitrogens with one attached hydrogen (secondary N) is 2. The van der Waals surface area contributed by atoms with E-state index in [2.05, 4.69) is 15.6 Å². The van der Waals surface area contributed by atoms with Gasteiger partial charge in [0.15, 0.2) is 0 Å². The lowest BCUT2D eigenvalue weighted by Gasteiger charge is -2.33. The molecule has 1 aliphatic rings. The third kappa shape index (κ3) is 2.71. The summed E-state index contributed by atoms with van der Waals surface area (Å²) >= 11 is 0. The van der Waals surface area contributed by atoms with Gasteiger partial charge in [0.25, 0.3) is 17.4 Å². The molecule has 4 rings (SSSR count). The lowest BCUT2D eigenvalue weighted by Crippen LogP contribution is -2.56. The number of rotatable bonds is 3. The number of hydrogen-bond acceptors (Lipinski definition) is 4. The molecule has 0 fully saturated rings. The summed E-state index contributed by atoms with van der Waals surface area (Å²) in [7, 11) is 0. The van der Waals surface area contributed by atoms with E-state index in [0.29, 0.717) is 23.9 Å². The molecule has 0 aliphatic carbocycles. The molecule has 138 valence electrons. The first-order valence-corrected chi connectivity index (χ1v) is 8.80. The summed E-state index contributed by atoms with van der Waals surface area (Å²) in [5.41, 5.74) is 1.54. The number of para-hydroxylation sites is 2. The van der Waals surface area contributed by atoms with E-state index in [0.717, 1.165) is 16.6 Å². The quantitative estimate of drug-likeness (QED) is 0.700. The Morgan fingerprint density at radius 1 is 1.30 bits per heavy atom. The first-order valence-electron chi connectivity index (χ1n) is 8.80. The number of ether oxygens (including phenoxy) is 1. The zero-order chi connectivity index (χ0) is 19.2. The van der Waals surface area contributed by atoms with Gasteiger partial charge in [-0.15, -0.1) is 0 Å². The van der Waals surface area contributed by atoms with Gasteiger partial charge >= 0.3 is 0 Å². The number of aryl methyl sites for hydroxylation is 2. The van der Waals surface area contributed by atoms with E-state index >= 15 is 0 Å². The van der Waals surface area contributed by atoms with Crippen molar-refractivity contribution in [3.63, 3.8) is 0 Å². The highest BCUT2D eigenvalue weighted by atomic mass is 16.5. The van der Waals surface area contributed by atoms with Crippen LogP contribution in [0.2, 0.25) is 0 Å². The monoisotopic (exact) mass is 364 g/mol. The molecule has 7 nitrogen and oxygen atoms in total. The highest BCUT2D eigenvalue weighted by molar-refractivity contribution is 6.18. The predicted molar refractivity (Wildman–Crippen MR) is 103 cm³/mol. The van der Waals surface area contributed by atoms with Gasteiger partial charge < -0.3 is 14.6 Å². The number of carbonyl (C=O) groups excluding carboxylic acids is 2. The number of imidazole rings is 1. The minimum Gasteiger partial charge on any atom is -0.466 e. The maximum Gasteiger partial charge on any atom is 0.280 e. The SMILES string of the molecule is CCn1c(NC(=O)C2(C)Oc3ccc(C)cc3NC2=O)nc2ccccc21. The van der Waals surface area contributed by atoms with Crippen LogP contribution in [-0.2, 0) is 16.1 Å². The van der Waals surface area contributed by atoms with Crippen LogP contribution in [0.1, 0.15) is 19.4 Å². The molecule has 2 amide bonds. The number of anilines is 2. The van der Waals surface area contributed by atoms with Crippen molar-refractivity contribution < 1.29 is 14.3 Å². The van der Waals surface area contributed by atoms with Crippen LogP contribution in [0.15, 0.2) is 42.5 Å². The Hall–Kier alpha value is -3.35. The van der Waals surface area contributed by atoms with Crippen LogP contribution >= 0.6 is 0 Å². The van der Waals surface area contributed by atoms with Crippen LogP contribution in [0.5, 0.6) is 5.75 Å². The van der Waals surface area contributed by atoms with Crippen molar-refractivity contribution in [3.05, 3.63) is 48.0 Å². The van der Waals surface area contributed by atoms with E-state index in [1.165, 1.54) is 6.92 Å². The molecular formula is C20H20N4O3. The van der Waals surface area contributed by atoms with Crippen molar-refractivity contribution in [1.29, 1.82) is 0 Å². The highest BCUT2D eigenvalue weighted by Gasteiger charge is 2.47. The summed E-state index contributed by atoms with van der Waals surface area (Å²) in [4.78, 5) is 30.1. The second-order valence-electron chi connectivity index (χ2n) is 6.71. The van der Waals surface area contributed by atoms with Crippen LogP contribution in [0, 0.1) is 6.92 Å². The summed E-state index contributed by atoms with van der Waals surface area (Å²) in [5.74, 6) is -0.244. The first-order chi connectivity index (χ1) is 12.9. The Kier molecular flexibility index (Phi) is 3.87. The number of carbonyl (C=O) groups is 2. The molecule has 27 heavy (non-hydrogen) atoms. The van der Waals surface area contributed by atoms with Crippen LogP contribution in [-0.4, -0.2) is 27.0 Å². The Morgan fingerprint density at radius 3 is 2.85 bits per heavy atom. The predicted octanol–water partition coefficient (Wildman–Crippen LogP) is 3.09. The van der Waals surface area contributed by atoms with Gasteiger partial charge in [0.2, 0.25) is 5.95 Å². The topological polar surface area (TPSA) is 85.3 Å². The minimum absolute atomic E-state index is 0.385. The molecule has 1 unspecified atom stereocenters. The van der Waals surface area contributed by atoms with Gasteiger partial charge in [0.05, 0.1) is 16.7 Å². The molecule has 0 bridgehead atoms. The standard InChI is InChI=1S/C20H20N4O3/c1-4-24-15-8-6-5-7-13(15)22-19(24)23-18(26)20(3)17(25)21-14-11-12(2)9-10-16(14)27-20/h5-11H,4H2,1-3H3,(H,21,25)(H,22,23,26). The Balaban J connectivity index is 1.67. The van der Waals surface area contributed by atoms with Gasteiger partial charge in [-0.05, 0) is 50.6 Å². The summed E-state index contributed by atoms with van der Waals surface area (Å²) < 4.78 is 7.69. The second kappa shape index (κ2) is 6.12. The van der Waals surface area contributed by atoms with E-state index in [1.54, 1.807) is 12.1 Å². The average Bonchev–Trinajstić information content (AvgIpc) is 3.00. The summed E-state index contributed by atoms with van der Waals surface area (Å²) in [6, 6.07) is 13.0. The van der Waals surface area contributed by atoms with Gasteiger partial charge in [0.1, 0.15) is 5.75 Å². The third-order valence-electron chi connectivity index (χ3n) is 4.76. The zero-order valence-electron chi connectivity index (χ0n) is 15.4. The Bertz CT molecular complexity index is 1070. The molecule has 7 heteroatoms. The lowest BCUT2D eigenvalue weighted by atomic mass is 10.0. The van der Waals surface area contributed by atoms with Crippen molar-refractivity contribution >= 4 is 34.5 Å². The van der Waals surface area contributed by atoms with Crippen molar-refractivity contribution in [2.45, 2.75) is 32.9 Å². The molecule has 2 N–H and O–H groups in total. The van der Waals surface area contributed by atoms with Crippen molar-refractivity contribution in [1.82, 2.24) is 9.55 Å². The smallest absolute Gasteiger partial charge is 0.280 e. The molecule has 1 aromatic heterocycles. The second-order valence-corrected chi connectivity index (χ2v) is 6.71. The van der Waals surface area contributed by atoms with E-state index < -0.39 is 17.4 Å². The molecule has 0 saturated heterocycles. The van der Waals surface area contributed by atoms with Crippen molar-refractivity contribution in [2.75, 3.05) is 10.6 Å². The van der Waals surface area contributed by atoms with Crippen LogP contribution in [0.25, 0.3) is 11.0 Å². The summed E-state index contributed by atoms with van der Waals surface area (Å²) in [6.07, 6.45) is 0. The molecule has 1 aliphatic heterocycles. The fourth-order valence-corrected chi connectivity index (χ4v) is 3.20. The van der Waals surface area contributed by atoms with Gasteiger partial charge in [-0.3, -0.25) is 14.9 Å². The summed E-state index contributed by atoms with van der Waals surface area (Å²) in [6.45, 7) is 5.97. The van der Waals surface area contributed by atoms with Gasteiger partial charge in [-0.1, -0.05) is 18.2 Å². The molecule has 2 heterocycles. The van der Waals surface area contributed by atoms with Gasteiger partial charge in [-0.2, -0.15) is 0 Å². The Labute approximate surface area is 156 Å². The number of nitrogens with zero attached hydrogens (tertiary/aromatic N) is 2. The van der Waals surface area contributed by atoms with Crippen LogP contribution in [0.4, 0.5) is 11.6 Å². The number of hydrogen-bond donors (Lipinski definition) is 2. The fraction of sp³-hybridized carbons (Fsp3) is 0.250. The molecule has 2 aromatic carbocycles. The normalized spacial score (nSPS) is 18.6. The number of fused-ring (bicyclic) bond motifs is 2. The molecule has 0 saturated carbocycles. The van der Waals surface area contributed by atoms with E-state index in [9.17, 15) is 9.59 Å². The number of benzene rings is 2. The zero-order valence-corrected chi connectivity index (χ0v) is 15.4. The maximum atomic E-state index is 13.0. The Morgan fingerprint density at radius 2 is 2.07 bits per heavy atom. The lowest BCUT2D eigenvalue weighted by molar-refractivity contribution is -0.143. The molecule has 1 atom stereocenters. The third-order valence-corrected chi connectivity index (χ3v) is 4.76. The van der Waals surface area contributed by atoms with Crippen LogP contribution < -0.4 is 15.4 Å². The number of amides is 2. The first kappa shape index (κ1) is 17.1. The minimum atomic E-state index is -1.70. The average molecular weight is 364 g/mol. The van der Waals surface area contributed by atoms with Crippen LogP contribution in [0.3, 0.4) is 0 Å². The summed E-state index contributed by atoms with van der Waals surface area (Å²) in [5, 5.41) is 5.52. The molecule has 0 radical (unpaired) electrons. The molecule has 0 spiro atoms. The van der Waals surface area contributed by atoms with Crippen molar-refractivity contribution in [2.24, 2.45) is 0 Å². The van der Waals surface area contributed by atoms with E-state index in [1.807, 2.05) is 48.7 Å². The van der Waals surface area contributed by atoms with E-state index in [4.69, 9.17) is 4.74 Å². The van der Waals surface area contributed by atoms with Gasteiger partial charge in [0, 0.05) is 6.54 Å². The fourth-order valence-electron chi connectivity index (χ4n) is 3.20. The van der Waals surface area contributed by atoms with E-state index in [-0.39, 0.29) is 0 Å². The maximum absolute atomic E-state index is 13.0. The molecular weight excluding hydrogens is 344 g/mol. The van der Waals surface area contributed by atoms with Gasteiger partial charge in [-0.25, -0.2) is 4.98 Å². The number of aromatic nitrogens is 2. The largest absolute Gasteiger partial charge is 0.466 e.